The second kappa shape index (κ2) is 8.30. The average Bonchev–Trinajstić information content (AvgIpc) is 3.07. The van der Waals surface area contributed by atoms with Crippen molar-refractivity contribution in [2.45, 2.75) is 6.42 Å². The molecule has 8 heteroatoms. The topological polar surface area (TPSA) is 120 Å². The second-order valence-electron chi connectivity index (χ2n) is 5.82. The largest absolute Gasteiger partial charge is 0.478 e. The second-order valence-corrected chi connectivity index (χ2v) is 5.82. The maximum Gasteiger partial charge on any atom is 0.328 e. The van der Waals surface area contributed by atoms with Gasteiger partial charge in [0.2, 0.25) is 0 Å². The number of carboxylic acids is 2. The van der Waals surface area contributed by atoms with Gasteiger partial charge in [-0.05, 0) is 43.5 Å². The van der Waals surface area contributed by atoms with E-state index in [9.17, 15) is 14.4 Å². The van der Waals surface area contributed by atoms with Crippen molar-refractivity contribution in [1.29, 1.82) is 0 Å². The number of hydrogen-bond acceptors (Lipinski definition) is 5. The quantitative estimate of drug-likeness (QED) is 0.694. The highest BCUT2D eigenvalue weighted by atomic mass is 16.4. The van der Waals surface area contributed by atoms with Gasteiger partial charge in [-0.15, -0.1) is 0 Å². The lowest BCUT2D eigenvalue weighted by Crippen LogP contribution is -2.52. The van der Waals surface area contributed by atoms with E-state index in [1.54, 1.807) is 18.4 Å². The zero-order valence-electron chi connectivity index (χ0n) is 13.1. The number of furan rings is 1. The summed E-state index contributed by atoms with van der Waals surface area (Å²) in [7, 11) is 0. The van der Waals surface area contributed by atoms with E-state index in [1.807, 2.05) is 4.90 Å². The lowest BCUT2D eigenvalue weighted by atomic mass is 9.86. The molecule has 8 nitrogen and oxygen atoms in total. The Labute approximate surface area is 138 Å². The zero-order valence-corrected chi connectivity index (χ0v) is 13.1. The number of piperidine rings is 2. The Balaban J connectivity index is 0.000000224. The van der Waals surface area contributed by atoms with Gasteiger partial charge in [-0.25, -0.2) is 9.59 Å². The minimum Gasteiger partial charge on any atom is -0.478 e. The fraction of sp³-hybridized carbons (Fsp3) is 0.438. The van der Waals surface area contributed by atoms with E-state index in [2.05, 4.69) is 5.32 Å². The van der Waals surface area contributed by atoms with Gasteiger partial charge < -0.3 is 24.8 Å². The molecule has 2 aliphatic heterocycles. The first-order valence-electron chi connectivity index (χ1n) is 7.63. The van der Waals surface area contributed by atoms with Gasteiger partial charge in [-0.3, -0.25) is 4.79 Å². The highest BCUT2D eigenvalue weighted by molar-refractivity contribution is 5.91. The number of carboxylic acid groups (broad SMARTS) is 2. The van der Waals surface area contributed by atoms with Crippen LogP contribution in [-0.2, 0) is 9.59 Å². The molecule has 1 aromatic rings. The van der Waals surface area contributed by atoms with Crippen LogP contribution in [0.2, 0.25) is 0 Å². The van der Waals surface area contributed by atoms with Crippen LogP contribution in [0.1, 0.15) is 17.0 Å². The van der Waals surface area contributed by atoms with E-state index < -0.39 is 11.9 Å². The maximum atomic E-state index is 12.1. The van der Waals surface area contributed by atoms with Crippen LogP contribution in [-0.4, -0.2) is 59.1 Å². The highest BCUT2D eigenvalue weighted by Crippen LogP contribution is 2.25. The Morgan fingerprint density at radius 2 is 1.71 bits per heavy atom. The van der Waals surface area contributed by atoms with Crippen LogP contribution >= 0.6 is 0 Å². The monoisotopic (exact) mass is 336 g/mol. The predicted octanol–water partition coefficient (Wildman–Crippen LogP) is 0.673. The van der Waals surface area contributed by atoms with Gasteiger partial charge in [-0.2, -0.15) is 0 Å². The van der Waals surface area contributed by atoms with Crippen molar-refractivity contribution in [3.8, 4) is 0 Å². The molecule has 0 spiro atoms. The molecule has 0 saturated carbocycles. The van der Waals surface area contributed by atoms with Gasteiger partial charge in [0, 0.05) is 25.2 Å². The molecule has 3 rings (SSSR count). The molecule has 2 atom stereocenters. The van der Waals surface area contributed by atoms with Crippen molar-refractivity contribution in [2.75, 3.05) is 26.2 Å². The minimum absolute atomic E-state index is 0.0431. The molecule has 0 radical (unpaired) electrons. The van der Waals surface area contributed by atoms with Crippen LogP contribution < -0.4 is 5.32 Å². The summed E-state index contributed by atoms with van der Waals surface area (Å²) >= 11 is 0. The summed E-state index contributed by atoms with van der Waals surface area (Å²) in [4.78, 5) is 33.2. The number of carbonyl (C=O) groups is 3. The third kappa shape index (κ3) is 5.24. The van der Waals surface area contributed by atoms with Gasteiger partial charge in [0.15, 0.2) is 5.76 Å². The van der Waals surface area contributed by atoms with Crippen LogP contribution in [0, 0.1) is 11.8 Å². The number of fused-ring (bicyclic) bond motifs is 2. The van der Waals surface area contributed by atoms with Crippen molar-refractivity contribution < 1.29 is 29.0 Å². The number of nitrogens with zero attached hydrogens (tertiary/aromatic N) is 1. The first-order valence-corrected chi connectivity index (χ1v) is 7.63. The van der Waals surface area contributed by atoms with E-state index in [-0.39, 0.29) is 5.91 Å². The number of carbonyl (C=O) groups excluding carboxylic acids is 1. The smallest absolute Gasteiger partial charge is 0.328 e. The van der Waals surface area contributed by atoms with Crippen molar-refractivity contribution in [2.24, 2.45) is 11.8 Å². The molecule has 1 aromatic heterocycles. The molecule has 0 unspecified atom stereocenters. The van der Waals surface area contributed by atoms with Crippen molar-refractivity contribution in [3.63, 3.8) is 0 Å². The van der Waals surface area contributed by atoms with Gasteiger partial charge in [0.1, 0.15) is 0 Å². The summed E-state index contributed by atoms with van der Waals surface area (Å²) in [6.45, 7) is 3.81. The lowest BCUT2D eigenvalue weighted by Gasteiger charge is -2.41. The van der Waals surface area contributed by atoms with Crippen molar-refractivity contribution in [3.05, 3.63) is 36.3 Å². The zero-order chi connectivity index (χ0) is 17.5. The molecule has 2 fully saturated rings. The predicted molar refractivity (Wildman–Crippen MR) is 83.5 cm³/mol. The molecule has 2 aliphatic rings. The summed E-state index contributed by atoms with van der Waals surface area (Å²) in [6.07, 6.45) is 3.93. The lowest BCUT2D eigenvalue weighted by molar-refractivity contribution is -0.134. The fourth-order valence-electron chi connectivity index (χ4n) is 2.97. The average molecular weight is 336 g/mol. The normalized spacial score (nSPS) is 22.6. The van der Waals surface area contributed by atoms with Gasteiger partial charge in [0.25, 0.3) is 5.91 Å². The van der Waals surface area contributed by atoms with Crippen molar-refractivity contribution in [1.82, 2.24) is 10.2 Å². The van der Waals surface area contributed by atoms with E-state index in [1.165, 1.54) is 6.42 Å². The Hall–Kier alpha value is -2.61. The van der Waals surface area contributed by atoms with Crippen LogP contribution in [0.4, 0.5) is 0 Å². The molecule has 2 bridgehead atoms. The van der Waals surface area contributed by atoms with E-state index in [4.69, 9.17) is 14.6 Å². The summed E-state index contributed by atoms with van der Waals surface area (Å²) in [5, 5.41) is 19.0. The summed E-state index contributed by atoms with van der Waals surface area (Å²) in [5.74, 6) is -0.771. The number of hydrogen-bond donors (Lipinski definition) is 3. The Kier molecular flexibility index (Phi) is 6.14. The van der Waals surface area contributed by atoms with E-state index in [0.717, 1.165) is 26.2 Å². The van der Waals surface area contributed by atoms with E-state index >= 15 is 0 Å². The van der Waals surface area contributed by atoms with Gasteiger partial charge >= 0.3 is 11.9 Å². The Morgan fingerprint density at radius 1 is 1.12 bits per heavy atom. The molecule has 2 saturated heterocycles. The molecule has 0 aliphatic carbocycles. The van der Waals surface area contributed by atoms with Crippen LogP contribution in [0.15, 0.2) is 35.0 Å². The summed E-state index contributed by atoms with van der Waals surface area (Å²) < 4.78 is 5.16. The number of aliphatic carboxylic acids is 2. The summed E-state index contributed by atoms with van der Waals surface area (Å²) in [5.41, 5.74) is 0. The number of nitrogens with one attached hydrogen (secondary N) is 1. The highest BCUT2D eigenvalue weighted by Gasteiger charge is 2.33. The van der Waals surface area contributed by atoms with Gasteiger partial charge in [-0.1, -0.05) is 0 Å². The van der Waals surface area contributed by atoms with E-state index in [0.29, 0.717) is 29.7 Å². The molecule has 1 amide bonds. The summed E-state index contributed by atoms with van der Waals surface area (Å²) in [6, 6.07) is 3.50. The van der Waals surface area contributed by atoms with Crippen molar-refractivity contribution >= 4 is 17.8 Å². The Bertz CT molecular complexity index is 582. The number of amides is 1. The van der Waals surface area contributed by atoms with Crippen LogP contribution in [0.3, 0.4) is 0 Å². The molecule has 0 aromatic carbocycles. The fourth-order valence-corrected chi connectivity index (χ4v) is 2.97. The third-order valence-electron chi connectivity index (χ3n) is 3.88. The first kappa shape index (κ1) is 17.7. The van der Waals surface area contributed by atoms with Crippen LogP contribution in [0.25, 0.3) is 0 Å². The molecular weight excluding hydrogens is 316 g/mol. The van der Waals surface area contributed by atoms with Crippen LogP contribution in [0.5, 0.6) is 0 Å². The van der Waals surface area contributed by atoms with Gasteiger partial charge in [0.05, 0.1) is 6.26 Å². The molecule has 130 valence electrons. The molecular formula is C16H20N2O6. The Morgan fingerprint density at radius 3 is 2.17 bits per heavy atom. The SMILES string of the molecule is O=C(O)/C=C/C(=O)O.O=C(c1ccco1)N1C[C@@H]2CNC[C@@H](C2)C1. The third-order valence-corrected chi connectivity index (χ3v) is 3.88. The maximum absolute atomic E-state index is 12.1. The minimum atomic E-state index is -1.26. The molecule has 24 heavy (non-hydrogen) atoms. The number of rotatable bonds is 3. The number of likely N-dealkylation sites (tertiary alicyclic amines) is 1. The standard InChI is InChI=1S/C12H16N2O2.C4H4O4/c15-12(11-2-1-3-16-11)14-7-9-4-10(8-14)6-13-5-9;5-3(6)1-2-4(7)8/h1-3,9-10,13H,4-8H2;1-2H,(H,5,6)(H,7,8)/b;2-1+/t9-,10+;. The molecule has 3 heterocycles. The first-order chi connectivity index (χ1) is 11.5. The molecule has 3 N–H and O–H groups in total.